The fourth-order valence-corrected chi connectivity index (χ4v) is 2.18. The highest BCUT2D eigenvalue weighted by atomic mass is 16.6. The molecule has 0 radical (unpaired) electrons. The zero-order chi connectivity index (χ0) is 19.5. The summed E-state index contributed by atoms with van der Waals surface area (Å²) in [7, 11) is 1.38. The molecule has 9 nitrogen and oxygen atoms in total. The quantitative estimate of drug-likeness (QED) is 0.467. The molecular weight excluding hydrogens is 342 g/mol. The molecule has 1 aromatic heterocycles. The molecule has 1 amide bonds. The number of nitro groups is 1. The second-order valence-corrected chi connectivity index (χ2v) is 6.55. The average Bonchev–Trinajstić information content (AvgIpc) is 2.52. The van der Waals surface area contributed by atoms with Crippen molar-refractivity contribution < 1.29 is 24.0 Å². The van der Waals surface area contributed by atoms with E-state index in [2.05, 4.69) is 4.98 Å². The molecule has 0 saturated carbocycles. The number of likely N-dealkylation sites (N-methyl/N-ethyl adjacent to an activating group) is 1. The number of non-ortho nitro benzene ring substituents is 1. The molecule has 0 spiro atoms. The number of pyridine rings is 1. The monoisotopic (exact) mass is 361 g/mol. The number of hydrogen-bond acceptors (Lipinski definition) is 7. The van der Waals surface area contributed by atoms with E-state index < -0.39 is 22.6 Å². The number of amides is 1. The number of ether oxygens (including phenoxy) is 2. The number of esters is 1. The van der Waals surface area contributed by atoms with Gasteiger partial charge in [-0.1, -0.05) is 0 Å². The molecule has 0 atom stereocenters. The van der Waals surface area contributed by atoms with Gasteiger partial charge in [0, 0.05) is 19.3 Å². The zero-order valence-corrected chi connectivity index (χ0v) is 14.9. The normalized spacial score (nSPS) is 11.1. The molecular formula is C17H19N3O6. The van der Waals surface area contributed by atoms with Gasteiger partial charge in [-0.2, -0.15) is 0 Å². The summed E-state index contributed by atoms with van der Waals surface area (Å²) in [6.45, 7) is 4.86. The minimum Gasteiger partial charge on any atom is -0.459 e. The zero-order valence-electron chi connectivity index (χ0n) is 14.9. The lowest BCUT2D eigenvalue weighted by Crippen LogP contribution is -2.37. The minimum absolute atomic E-state index is 0.0623. The van der Waals surface area contributed by atoms with Crippen LogP contribution < -0.4 is 4.74 Å². The summed E-state index contributed by atoms with van der Waals surface area (Å²) in [6.07, 6.45) is 0.630. The first-order valence-electron chi connectivity index (χ1n) is 7.75. The third-order valence-corrected chi connectivity index (χ3v) is 3.20. The predicted octanol–water partition coefficient (Wildman–Crippen LogP) is 2.92. The van der Waals surface area contributed by atoms with Crippen molar-refractivity contribution in [3.05, 3.63) is 40.6 Å². The van der Waals surface area contributed by atoms with Crippen LogP contribution in [0.4, 0.5) is 10.5 Å². The molecule has 0 aliphatic rings. The second kappa shape index (κ2) is 7.34. The number of fused-ring (bicyclic) bond motifs is 1. The smallest absolute Gasteiger partial charge is 0.415 e. The van der Waals surface area contributed by atoms with Crippen LogP contribution in [0.15, 0.2) is 30.5 Å². The van der Waals surface area contributed by atoms with Crippen LogP contribution in [0, 0.1) is 10.1 Å². The lowest BCUT2D eigenvalue weighted by atomic mass is 10.1. The number of hydrogen-bond donors (Lipinski definition) is 0. The summed E-state index contributed by atoms with van der Waals surface area (Å²) >= 11 is 0. The van der Waals surface area contributed by atoms with Crippen molar-refractivity contribution in [1.29, 1.82) is 0 Å². The molecule has 9 heteroatoms. The Bertz CT molecular complexity index is 859. The van der Waals surface area contributed by atoms with Gasteiger partial charge in [-0.3, -0.25) is 24.8 Å². The standard InChI is InChI=1S/C17H19N3O6/c1-17(2,3)26-14(21)10-19(4)16(22)25-13-8-7-12(20(23)24)11-6-5-9-18-15(11)13/h5-9H,10H2,1-4H3. The first-order chi connectivity index (χ1) is 12.1. The summed E-state index contributed by atoms with van der Waals surface area (Å²) in [5, 5.41) is 11.4. The maximum atomic E-state index is 12.2. The van der Waals surface area contributed by atoms with Crippen LogP contribution in [0.2, 0.25) is 0 Å². The van der Waals surface area contributed by atoms with Gasteiger partial charge < -0.3 is 9.47 Å². The molecule has 2 aromatic rings. The van der Waals surface area contributed by atoms with Gasteiger partial charge in [0.15, 0.2) is 5.75 Å². The van der Waals surface area contributed by atoms with Gasteiger partial charge in [-0.05, 0) is 39.0 Å². The molecule has 0 fully saturated rings. The number of carbonyl (C=O) groups excluding carboxylic acids is 2. The third kappa shape index (κ3) is 4.65. The van der Waals surface area contributed by atoms with E-state index in [-0.39, 0.29) is 28.9 Å². The van der Waals surface area contributed by atoms with E-state index in [1.165, 1.54) is 31.4 Å². The molecule has 1 aromatic carbocycles. The number of benzene rings is 1. The Kier molecular flexibility index (Phi) is 5.39. The van der Waals surface area contributed by atoms with Crippen molar-refractivity contribution in [1.82, 2.24) is 9.88 Å². The molecule has 26 heavy (non-hydrogen) atoms. The third-order valence-electron chi connectivity index (χ3n) is 3.20. The lowest BCUT2D eigenvalue weighted by Gasteiger charge is -2.22. The Morgan fingerprint density at radius 2 is 1.96 bits per heavy atom. The van der Waals surface area contributed by atoms with E-state index >= 15 is 0 Å². The Morgan fingerprint density at radius 1 is 1.27 bits per heavy atom. The SMILES string of the molecule is CN(CC(=O)OC(C)(C)C)C(=O)Oc1ccc([N+](=O)[O-])c2cccnc12. The maximum Gasteiger partial charge on any atom is 0.415 e. The second-order valence-electron chi connectivity index (χ2n) is 6.55. The minimum atomic E-state index is -0.809. The topological polar surface area (TPSA) is 112 Å². The van der Waals surface area contributed by atoms with Crippen molar-refractivity contribution in [3.63, 3.8) is 0 Å². The lowest BCUT2D eigenvalue weighted by molar-refractivity contribution is -0.383. The Hall–Kier alpha value is -3.23. The van der Waals surface area contributed by atoms with Gasteiger partial charge in [0.2, 0.25) is 0 Å². The highest BCUT2D eigenvalue weighted by Gasteiger charge is 2.22. The van der Waals surface area contributed by atoms with Crippen molar-refractivity contribution in [2.75, 3.05) is 13.6 Å². The molecule has 138 valence electrons. The molecule has 0 saturated heterocycles. The van der Waals surface area contributed by atoms with Gasteiger partial charge in [0.1, 0.15) is 17.7 Å². The van der Waals surface area contributed by atoms with Crippen molar-refractivity contribution in [3.8, 4) is 5.75 Å². The largest absolute Gasteiger partial charge is 0.459 e. The maximum absolute atomic E-state index is 12.2. The number of rotatable bonds is 4. The number of nitrogens with zero attached hydrogens (tertiary/aromatic N) is 3. The van der Waals surface area contributed by atoms with Crippen molar-refractivity contribution in [2.24, 2.45) is 0 Å². The first kappa shape index (κ1) is 19.1. The van der Waals surface area contributed by atoms with Crippen LogP contribution >= 0.6 is 0 Å². The Balaban J connectivity index is 2.18. The van der Waals surface area contributed by atoms with Crippen LogP contribution in [0.25, 0.3) is 10.9 Å². The van der Waals surface area contributed by atoms with Crippen LogP contribution in [0.5, 0.6) is 5.75 Å². The van der Waals surface area contributed by atoms with Crippen molar-refractivity contribution in [2.45, 2.75) is 26.4 Å². The van der Waals surface area contributed by atoms with E-state index in [4.69, 9.17) is 9.47 Å². The van der Waals surface area contributed by atoms with Crippen LogP contribution in [-0.4, -0.2) is 46.1 Å². The Morgan fingerprint density at radius 3 is 2.58 bits per heavy atom. The molecule has 0 bridgehead atoms. The molecule has 0 N–H and O–H groups in total. The molecule has 0 aliphatic carbocycles. The van der Waals surface area contributed by atoms with E-state index in [9.17, 15) is 19.7 Å². The fourth-order valence-electron chi connectivity index (χ4n) is 2.18. The molecule has 2 rings (SSSR count). The summed E-state index contributed by atoms with van der Waals surface area (Å²) in [6, 6.07) is 5.60. The van der Waals surface area contributed by atoms with E-state index in [0.29, 0.717) is 0 Å². The summed E-state index contributed by atoms with van der Waals surface area (Å²) in [5.74, 6) is -0.518. The van der Waals surface area contributed by atoms with Gasteiger partial charge in [-0.15, -0.1) is 0 Å². The molecule has 0 unspecified atom stereocenters. The first-order valence-corrected chi connectivity index (χ1v) is 7.75. The highest BCUT2D eigenvalue weighted by Crippen LogP contribution is 2.31. The molecule has 1 heterocycles. The van der Waals surface area contributed by atoms with E-state index in [1.54, 1.807) is 26.8 Å². The van der Waals surface area contributed by atoms with Gasteiger partial charge in [0.25, 0.3) is 5.69 Å². The Labute approximate surface area is 149 Å². The van der Waals surface area contributed by atoms with Gasteiger partial charge >= 0.3 is 12.1 Å². The van der Waals surface area contributed by atoms with E-state index in [1.807, 2.05) is 0 Å². The fraction of sp³-hybridized carbons (Fsp3) is 0.353. The van der Waals surface area contributed by atoms with Crippen LogP contribution in [0.3, 0.4) is 0 Å². The highest BCUT2D eigenvalue weighted by molar-refractivity contribution is 5.93. The summed E-state index contributed by atoms with van der Waals surface area (Å²) in [5.41, 5.74) is -0.629. The van der Waals surface area contributed by atoms with Crippen LogP contribution in [-0.2, 0) is 9.53 Å². The number of aromatic nitrogens is 1. The summed E-state index contributed by atoms with van der Waals surface area (Å²) < 4.78 is 10.4. The van der Waals surface area contributed by atoms with Crippen molar-refractivity contribution >= 4 is 28.7 Å². The van der Waals surface area contributed by atoms with Gasteiger partial charge in [0.05, 0.1) is 10.3 Å². The average molecular weight is 361 g/mol. The number of nitro benzene ring substituents is 1. The predicted molar refractivity (Wildman–Crippen MR) is 92.9 cm³/mol. The van der Waals surface area contributed by atoms with Gasteiger partial charge in [-0.25, -0.2) is 4.79 Å². The summed E-state index contributed by atoms with van der Waals surface area (Å²) in [4.78, 5) is 39.7. The molecule has 0 aliphatic heterocycles. The number of carbonyl (C=O) groups is 2. The van der Waals surface area contributed by atoms with Crippen LogP contribution in [0.1, 0.15) is 20.8 Å². The van der Waals surface area contributed by atoms with E-state index in [0.717, 1.165) is 4.90 Å².